The Hall–Kier alpha value is -4.44. The van der Waals surface area contributed by atoms with Gasteiger partial charge in [0.1, 0.15) is 28.7 Å². The molecule has 0 bridgehead atoms. The number of hydrogen-bond acceptors (Lipinski definition) is 9. The summed E-state index contributed by atoms with van der Waals surface area (Å²) in [6.45, 7) is 7.63. The summed E-state index contributed by atoms with van der Waals surface area (Å²) in [5.41, 5.74) is 1.05. The molecule has 0 radical (unpaired) electrons. The molecule has 1 unspecified atom stereocenters. The number of ether oxygens (including phenoxy) is 3. The van der Waals surface area contributed by atoms with Crippen LogP contribution in [0.15, 0.2) is 66.8 Å². The zero-order valence-electron chi connectivity index (χ0n) is 21.8. The van der Waals surface area contributed by atoms with Crippen LogP contribution < -0.4 is 14.4 Å². The molecule has 0 aliphatic carbocycles. The number of amides is 1. The van der Waals surface area contributed by atoms with E-state index in [-0.39, 0.29) is 27.9 Å². The number of aliphatic hydroxyl groups is 1. The smallest absolute Gasteiger partial charge is 0.350 e. The highest BCUT2D eigenvalue weighted by Gasteiger charge is 2.48. The molecule has 1 aliphatic rings. The summed E-state index contributed by atoms with van der Waals surface area (Å²) in [6, 6.07) is 12.5. The second kappa shape index (κ2) is 12.0. The Kier molecular flexibility index (Phi) is 8.46. The molecule has 1 amide bonds. The fourth-order valence-electron chi connectivity index (χ4n) is 4.14. The Labute approximate surface area is 230 Å². The summed E-state index contributed by atoms with van der Waals surface area (Å²) in [4.78, 5) is 45.3. The van der Waals surface area contributed by atoms with Gasteiger partial charge in [-0.2, -0.15) is 0 Å². The summed E-state index contributed by atoms with van der Waals surface area (Å²) in [6.07, 6.45) is 2.24. The number of ketones is 1. The largest absolute Gasteiger partial charge is 0.507 e. The van der Waals surface area contributed by atoms with Gasteiger partial charge in [-0.05, 0) is 43.2 Å². The lowest BCUT2D eigenvalue weighted by Crippen LogP contribution is -2.29. The van der Waals surface area contributed by atoms with Crippen molar-refractivity contribution in [2.75, 3.05) is 25.2 Å². The molecule has 0 saturated carbocycles. The molecule has 1 aromatic heterocycles. The Morgan fingerprint density at radius 1 is 1.18 bits per heavy atom. The van der Waals surface area contributed by atoms with E-state index in [1.54, 1.807) is 55.5 Å². The number of aromatic nitrogens is 1. The summed E-state index contributed by atoms with van der Waals surface area (Å²) in [5, 5.41) is 11.5. The first-order valence-corrected chi connectivity index (χ1v) is 13.1. The van der Waals surface area contributed by atoms with Crippen LogP contribution in [0, 0.1) is 6.92 Å². The van der Waals surface area contributed by atoms with Gasteiger partial charge in [-0.25, -0.2) is 9.78 Å². The standard InChI is InChI=1S/C29H28N2O7S/c1-5-13-37-21-12-8-10-19(16-21)24(32)22-23(18-9-7-11-20(15-18)36-4)31(27(34)25(22)33)29-30-17(3)26(39-29)28(35)38-14-6-2/h6-12,15-16,23,32H,2,5,13-14H2,1,3-4H3/b24-22+. The Morgan fingerprint density at radius 2 is 1.92 bits per heavy atom. The Morgan fingerprint density at radius 3 is 2.64 bits per heavy atom. The van der Waals surface area contributed by atoms with Gasteiger partial charge in [-0.1, -0.05) is 55.2 Å². The van der Waals surface area contributed by atoms with Crippen LogP contribution >= 0.6 is 11.3 Å². The third-order valence-corrected chi connectivity index (χ3v) is 7.08. The molecule has 4 rings (SSSR count). The van der Waals surface area contributed by atoms with E-state index < -0.39 is 23.7 Å². The van der Waals surface area contributed by atoms with E-state index in [1.165, 1.54) is 18.1 Å². The zero-order valence-corrected chi connectivity index (χ0v) is 22.6. The van der Waals surface area contributed by atoms with Crippen LogP contribution in [0.25, 0.3) is 5.76 Å². The van der Waals surface area contributed by atoms with Crippen molar-refractivity contribution < 1.29 is 33.7 Å². The van der Waals surface area contributed by atoms with E-state index in [4.69, 9.17) is 14.2 Å². The molecule has 1 saturated heterocycles. The van der Waals surface area contributed by atoms with Gasteiger partial charge in [-0.3, -0.25) is 14.5 Å². The number of Topliss-reactive ketones (excluding diaryl/α,β-unsaturated/α-hetero) is 1. The lowest BCUT2D eigenvalue weighted by atomic mass is 9.95. The molecule has 202 valence electrons. The minimum atomic E-state index is -1.04. The summed E-state index contributed by atoms with van der Waals surface area (Å²) < 4.78 is 16.2. The van der Waals surface area contributed by atoms with Crippen molar-refractivity contribution >= 4 is 39.9 Å². The van der Waals surface area contributed by atoms with E-state index in [0.29, 0.717) is 34.9 Å². The topological polar surface area (TPSA) is 115 Å². The second-order valence-corrected chi connectivity index (χ2v) is 9.60. The number of aliphatic hydroxyl groups excluding tert-OH is 1. The van der Waals surface area contributed by atoms with Crippen LogP contribution in [0.5, 0.6) is 11.5 Å². The van der Waals surface area contributed by atoms with E-state index in [0.717, 1.165) is 17.8 Å². The fraction of sp³-hybridized carbons (Fsp3) is 0.241. The minimum Gasteiger partial charge on any atom is -0.507 e. The van der Waals surface area contributed by atoms with Crippen molar-refractivity contribution in [1.82, 2.24) is 4.98 Å². The van der Waals surface area contributed by atoms with Gasteiger partial charge in [0.2, 0.25) is 0 Å². The van der Waals surface area contributed by atoms with Crippen LogP contribution in [0.2, 0.25) is 0 Å². The van der Waals surface area contributed by atoms with Gasteiger partial charge in [0, 0.05) is 5.56 Å². The fourth-order valence-corrected chi connectivity index (χ4v) is 5.13. The quantitative estimate of drug-likeness (QED) is 0.121. The van der Waals surface area contributed by atoms with Gasteiger partial charge in [0.15, 0.2) is 5.13 Å². The van der Waals surface area contributed by atoms with Crippen molar-refractivity contribution in [3.8, 4) is 11.5 Å². The molecule has 1 fully saturated rings. The van der Waals surface area contributed by atoms with Crippen LogP contribution in [0.4, 0.5) is 5.13 Å². The highest BCUT2D eigenvalue weighted by atomic mass is 32.1. The molecule has 10 heteroatoms. The number of aryl methyl sites for hydroxylation is 1. The molecule has 1 atom stereocenters. The highest BCUT2D eigenvalue weighted by molar-refractivity contribution is 7.17. The number of hydrogen-bond donors (Lipinski definition) is 1. The number of benzene rings is 2. The van der Waals surface area contributed by atoms with Crippen molar-refractivity contribution in [2.24, 2.45) is 0 Å². The minimum absolute atomic E-state index is 0.0147. The van der Waals surface area contributed by atoms with Crippen LogP contribution in [-0.4, -0.2) is 48.1 Å². The molecular weight excluding hydrogens is 520 g/mol. The predicted molar refractivity (Wildman–Crippen MR) is 147 cm³/mol. The second-order valence-electron chi connectivity index (χ2n) is 8.62. The summed E-state index contributed by atoms with van der Waals surface area (Å²) in [5.74, 6) is -1.73. The Bertz CT molecular complexity index is 1460. The molecule has 39 heavy (non-hydrogen) atoms. The van der Waals surface area contributed by atoms with E-state index in [9.17, 15) is 19.5 Å². The first-order chi connectivity index (χ1) is 18.8. The lowest BCUT2D eigenvalue weighted by molar-refractivity contribution is -0.132. The highest BCUT2D eigenvalue weighted by Crippen LogP contribution is 2.44. The zero-order chi connectivity index (χ0) is 28.1. The number of nitrogens with zero attached hydrogens (tertiary/aromatic N) is 2. The molecular formula is C29H28N2O7S. The monoisotopic (exact) mass is 548 g/mol. The van der Waals surface area contributed by atoms with E-state index in [2.05, 4.69) is 11.6 Å². The maximum Gasteiger partial charge on any atom is 0.350 e. The van der Waals surface area contributed by atoms with Crippen molar-refractivity contribution in [3.05, 3.63) is 88.5 Å². The van der Waals surface area contributed by atoms with Crippen molar-refractivity contribution in [3.63, 3.8) is 0 Å². The number of methoxy groups -OCH3 is 1. The third kappa shape index (κ3) is 5.56. The van der Waals surface area contributed by atoms with Crippen LogP contribution in [0.1, 0.15) is 45.9 Å². The summed E-state index contributed by atoms with van der Waals surface area (Å²) >= 11 is 0.928. The van der Waals surface area contributed by atoms with Crippen LogP contribution in [0.3, 0.4) is 0 Å². The summed E-state index contributed by atoms with van der Waals surface area (Å²) in [7, 11) is 1.50. The maximum atomic E-state index is 13.5. The molecule has 1 aliphatic heterocycles. The molecule has 1 N–H and O–H groups in total. The molecule has 9 nitrogen and oxygen atoms in total. The number of carbonyl (C=O) groups is 3. The molecule has 2 aromatic carbocycles. The number of rotatable bonds is 10. The number of carbonyl (C=O) groups excluding carboxylic acids is 3. The Balaban J connectivity index is 1.87. The normalized spacial score (nSPS) is 16.3. The average molecular weight is 549 g/mol. The number of thiazole rings is 1. The SMILES string of the molecule is C=CCOC(=O)c1sc(N2C(=O)C(=O)/C(=C(/O)c3cccc(OCCC)c3)C2c2cccc(OC)c2)nc1C. The lowest BCUT2D eigenvalue weighted by Gasteiger charge is -2.23. The van der Waals surface area contributed by atoms with E-state index in [1.807, 2.05) is 6.92 Å². The number of anilines is 1. The molecule has 0 spiro atoms. The maximum absolute atomic E-state index is 13.5. The van der Waals surface area contributed by atoms with Gasteiger partial charge in [0.05, 0.1) is 31.0 Å². The van der Waals surface area contributed by atoms with Gasteiger partial charge in [-0.15, -0.1) is 0 Å². The van der Waals surface area contributed by atoms with Gasteiger partial charge < -0.3 is 19.3 Å². The average Bonchev–Trinajstić information content (AvgIpc) is 3.46. The van der Waals surface area contributed by atoms with Crippen molar-refractivity contribution in [2.45, 2.75) is 26.3 Å². The first-order valence-electron chi connectivity index (χ1n) is 12.2. The van der Waals surface area contributed by atoms with E-state index >= 15 is 0 Å². The van der Waals surface area contributed by atoms with Crippen LogP contribution in [-0.2, 0) is 14.3 Å². The molecule has 3 aromatic rings. The first kappa shape index (κ1) is 27.6. The predicted octanol–water partition coefficient (Wildman–Crippen LogP) is 5.22. The number of esters is 1. The van der Waals surface area contributed by atoms with Crippen molar-refractivity contribution in [1.29, 1.82) is 0 Å². The van der Waals surface area contributed by atoms with Gasteiger partial charge >= 0.3 is 11.9 Å². The van der Waals surface area contributed by atoms with Gasteiger partial charge in [0.25, 0.3) is 5.78 Å². The third-order valence-electron chi connectivity index (χ3n) is 5.94. The molecule has 2 heterocycles.